The van der Waals surface area contributed by atoms with Crippen molar-refractivity contribution < 1.29 is 51.8 Å². The summed E-state index contributed by atoms with van der Waals surface area (Å²) in [6.07, 6.45) is 1.24. The predicted molar refractivity (Wildman–Crippen MR) is 38.8 cm³/mol. The minimum atomic E-state index is -0.114. The Bertz CT molecular complexity index is 103. The van der Waals surface area contributed by atoms with Crippen LogP contribution in [0.5, 0.6) is 0 Å². The summed E-state index contributed by atoms with van der Waals surface area (Å²) < 4.78 is 4.48. The van der Waals surface area contributed by atoms with Crippen LogP contribution in [0.25, 0.3) is 0 Å². The minimum Gasteiger partial charge on any atom is -1.00 e. The molecule has 5 heteroatoms. The van der Waals surface area contributed by atoms with Crippen molar-refractivity contribution in [2.24, 2.45) is 0 Å². The largest absolute Gasteiger partial charge is 1.00 e. The minimum absolute atomic E-state index is 0. The van der Waals surface area contributed by atoms with E-state index in [1.54, 1.807) is 11.8 Å². The third kappa shape index (κ3) is 11.2. The number of hydrogen-bond acceptors (Lipinski definition) is 3. The van der Waals surface area contributed by atoms with Gasteiger partial charge in [0.1, 0.15) is 0 Å². The van der Waals surface area contributed by atoms with Gasteiger partial charge in [0.2, 0.25) is 0 Å². The average molecular weight is 340 g/mol. The maximum Gasteiger partial charge on any atom is -1.00 e. The third-order valence-corrected chi connectivity index (χ3v) is 3.05. The zero-order chi connectivity index (χ0) is 7.82. The molecule has 0 aromatic rings. The van der Waals surface area contributed by atoms with Gasteiger partial charge in [-0.15, -0.1) is 0 Å². The fourth-order valence-electron chi connectivity index (χ4n) is 0.419. The summed E-state index contributed by atoms with van der Waals surface area (Å²) in [5.74, 6) is 1.49. The van der Waals surface area contributed by atoms with Crippen LogP contribution < -0.4 is 24.0 Å². The normalized spacial score (nSPS) is 8.64. The van der Waals surface area contributed by atoms with E-state index in [1.165, 1.54) is 36.8 Å². The van der Waals surface area contributed by atoms with Crippen LogP contribution in [0.15, 0.2) is 0 Å². The molecule has 0 aliphatic carbocycles. The summed E-state index contributed by atoms with van der Waals surface area (Å²) in [5, 5.41) is 1.31. The van der Waals surface area contributed by atoms with Crippen LogP contribution in [0.2, 0.25) is 5.02 Å². The second kappa shape index (κ2) is 11.2. The van der Waals surface area contributed by atoms with Crippen LogP contribution in [-0.4, -0.2) is 24.6 Å². The van der Waals surface area contributed by atoms with Crippen molar-refractivity contribution in [3.05, 3.63) is 0 Å². The van der Waals surface area contributed by atoms with Gasteiger partial charge in [-0.05, 0) is 0 Å². The number of methoxy groups -OCH3 is 1. The summed E-state index contributed by atoms with van der Waals surface area (Å²) in [6.45, 7) is 0. The first-order valence-corrected chi connectivity index (χ1v) is 6.50. The molecule has 0 fully saturated rings. The summed E-state index contributed by atoms with van der Waals surface area (Å²) >= 11 is 3.02. The van der Waals surface area contributed by atoms with E-state index >= 15 is 0 Å². The Hall–Kier alpha value is 1.17. The number of ether oxygens (including phenoxy) is 1. The molecule has 0 radical (unpaired) electrons. The van der Waals surface area contributed by atoms with Crippen LogP contribution >= 0.6 is 11.8 Å². The molecule has 0 saturated carbocycles. The van der Waals surface area contributed by atoms with Crippen molar-refractivity contribution in [1.29, 1.82) is 0 Å². The molecule has 0 aliphatic heterocycles. The molecule has 11 heavy (non-hydrogen) atoms. The molecule has 0 aliphatic rings. The van der Waals surface area contributed by atoms with E-state index in [1.807, 2.05) is 0 Å². The van der Waals surface area contributed by atoms with Gasteiger partial charge < -0.3 is 24.0 Å². The standard InChI is InChI=1S/C6H11O2S.HI.Zn/c1-3-4-9-5-6(7)8-2;;/h1,3-5H2,2H3;1H;/q;;+1/p-1. The number of carbonyl (C=O) groups excluding carboxylic acids is 1. The Labute approximate surface area is 98.9 Å². The van der Waals surface area contributed by atoms with E-state index in [-0.39, 0.29) is 29.9 Å². The van der Waals surface area contributed by atoms with Crippen LogP contribution in [0.4, 0.5) is 0 Å². The van der Waals surface area contributed by atoms with Gasteiger partial charge in [-0.25, -0.2) is 0 Å². The molecule has 0 heterocycles. The Balaban J connectivity index is 0. The number of esters is 1. The monoisotopic (exact) mass is 338 g/mol. The maximum atomic E-state index is 10.5. The molecular formula is C6H11IO2SZn. The fourth-order valence-corrected chi connectivity index (χ4v) is 2.54. The van der Waals surface area contributed by atoms with Gasteiger partial charge in [0.15, 0.2) is 0 Å². The number of hydrogen-bond donors (Lipinski definition) is 0. The van der Waals surface area contributed by atoms with Crippen molar-refractivity contribution in [3.63, 3.8) is 0 Å². The first-order chi connectivity index (χ1) is 4.81. The van der Waals surface area contributed by atoms with Gasteiger partial charge in [0.05, 0.1) is 0 Å². The molecule has 0 aromatic heterocycles. The van der Waals surface area contributed by atoms with E-state index in [0.717, 1.165) is 5.75 Å². The van der Waals surface area contributed by atoms with Gasteiger partial charge in [0, 0.05) is 0 Å². The van der Waals surface area contributed by atoms with E-state index in [9.17, 15) is 4.79 Å². The summed E-state index contributed by atoms with van der Waals surface area (Å²) in [6, 6.07) is 0. The number of thioether (sulfide) groups is 1. The molecule has 0 saturated heterocycles. The maximum absolute atomic E-state index is 10.5. The zero-order valence-corrected chi connectivity index (χ0v) is 12.6. The van der Waals surface area contributed by atoms with E-state index < -0.39 is 0 Å². The van der Waals surface area contributed by atoms with Gasteiger partial charge in [0.25, 0.3) is 0 Å². The van der Waals surface area contributed by atoms with E-state index in [4.69, 9.17) is 0 Å². The molecule has 0 N–H and O–H groups in total. The zero-order valence-electron chi connectivity index (χ0n) is 6.64. The predicted octanol–water partition coefficient (Wildman–Crippen LogP) is -1.75. The number of halogens is 1. The molecule has 0 unspecified atom stereocenters. The van der Waals surface area contributed by atoms with Crippen LogP contribution in [0, 0.1) is 0 Å². The van der Waals surface area contributed by atoms with Crippen molar-refractivity contribution in [2.45, 2.75) is 11.4 Å². The molecule has 0 bridgehead atoms. The van der Waals surface area contributed by atoms with Crippen molar-refractivity contribution in [1.82, 2.24) is 0 Å². The second-order valence-electron chi connectivity index (χ2n) is 1.84. The Morgan fingerprint density at radius 1 is 1.64 bits per heavy atom. The van der Waals surface area contributed by atoms with Gasteiger partial charge in [-0.2, -0.15) is 0 Å². The summed E-state index contributed by atoms with van der Waals surface area (Å²) in [4.78, 5) is 10.5. The van der Waals surface area contributed by atoms with Crippen LogP contribution in [0.1, 0.15) is 6.42 Å². The van der Waals surface area contributed by atoms with Gasteiger partial charge >= 0.3 is 75.6 Å². The van der Waals surface area contributed by atoms with Crippen molar-refractivity contribution >= 4 is 17.7 Å². The van der Waals surface area contributed by atoms with E-state index in [0.29, 0.717) is 5.75 Å². The van der Waals surface area contributed by atoms with Crippen LogP contribution in [0.3, 0.4) is 0 Å². The molecule has 0 rings (SSSR count). The molecular weight excluding hydrogens is 328 g/mol. The molecule has 0 aromatic carbocycles. The van der Waals surface area contributed by atoms with E-state index in [2.05, 4.69) is 4.74 Å². The number of carbonyl (C=O) groups is 1. The van der Waals surface area contributed by atoms with Crippen molar-refractivity contribution in [3.8, 4) is 0 Å². The first kappa shape index (κ1) is 14.7. The third-order valence-electron chi connectivity index (χ3n) is 0.986. The topological polar surface area (TPSA) is 26.3 Å². The Kier molecular flexibility index (Phi) is 14.9. The fraction of sp³-hybridized carbons (Fsp3) is 0.833. The van der Waals surface area contributed by atoms with Crippen molar-refractivity contribution in [2.75, 3.05) is 18.6 Å². The van der Waals surface area contributed by atoms with Gasteiger partial charge in [-0.3, -0.25) is 0 Å². The average Bonchev–Trinajstić information content (AvgIpc) is 1.98. The smallest absolute Gasteiger partial charge is 1.00 e. The SMILES string of the molecule is COC(=O)CSCC[CH2][Zn+].[I-]. The molecule has 2 nitrogen and oxygen atoms in total. The Morgan fingerprint density at radius 2 is 2.27 bits per heavy atom. The summed E-state index contributed by atoms with van der Waals surface area (Å²) in [7, 11) is 1.43. The number of rotatable bonds is 5. The quantitative estimate of drug-likeness (QED) is 0.257. The molecule has 62 valence electrons. The van der Waals surface area contributed by atoms with Gasteiger partial charge in [-0.1, -0.05) is 0 Å². The Morgan fingerprint density at radius 3 is 2.73 bits per heavy atom. The second-order valence-corrected chi connectivity index (χ2v) is 4.42. The first-order valence-electron chi connectivity index (χ1n) is 3.25. The molecule has 0 amide bonds. The van der Waals surface area contributed by atoms with Crippen LogP contribution in [-0.2, 0) is 27.8 Å². The summed E-state index contributed by atoms with van der Waals surface area (Å²) in [5.41, 5.74) is 0. The molecule has 0 atom stereocenters. The molecule has 0 spiro atoms.